The summed E-state index contributed by atoms with van der Waals surface area (Å²) in [4.78, 5) is 4.88. The van der Waals surface area contributed by atoms with Crippen molar-refractivity contribution in [3.8, 4) is 27.9 Å². The van der Waals surface area contributed by atoms with Crippen molar-refractivity contribution in [3.05, 3.63) is 182 Å². The zero-order valence-electron chi connectivity index (χ0n) is 28.0. The molecule has 244 valence electrons. The highest BCUT2D eigenvalue weighted by molar-refractivity contribution is 7.99. The van der Waals surface area contributed by atoms with Crippen molar-refractivity contribution in [2.24, 2.45) is 0 Å². The Morgan fingerprint density at radius 3 is 1.94 bits per heavy atom. The minimum Gasteiger partial charge on any atom is -0.456 e. The first-order valence-electron chi connectivity index (χ1n) is 17.6. The highest BCUT2D eigenvalue weighted by Gasteiger charge is 2.25. The molecular weight excluding hydrogens is 653 g/mol. The second-order valence-corrected chi connectivity index (χ2v) is 14.5. The van der Waals surface area contributed by atoms with Crippen LogP contribution in [0.3, 0.4) is 0 Å². The summed E-state index contributed by atoms with van der Waals surface area (Å²) in [5.74, 6) is 0. The Labute approximate surface area is 305 Å². The summed E-state index contributed by atoms with van der Waals surface area (Å²) >= 11 is 1.84. The van der Waals surface area contributed by atoms with Gasteiger partial charge in [-0.2, -0.15) is 0 Å². The summed E-state index contributed by atoms with van der Waals surface area (Å²) in [5, 5.41) is 4.74. The van der Waals surface area contributed by atoms with E-state index < -0.39 is 0 Å². The number of hydrogen-bond acceptors (Lipinski definition) is 3. The predicted octanol–water partition coefficient (Wildman–Crippen LogP) is 14.0. The maximum absolute atomic E-state index is 6.18. The molecule has 52 heavy (non-hydrogen) atoms. The molecule has 0 aliphatic carbocycles. The molecule has 0 atom stereocenters. The van der Waals surface area contributed by atoms with Crippen LogP contribution in [0.25, 0.3) is 71.7 Å². The molecule has 8 aromatic carbocycles. The van der Waals surface area contributed by atoms with Crippen LogP contribution in [0.4, 0.5) is 17.1 Å². The Bertz CT molecular complexity index is 3010. The molecule has 1 aliphatic rings. The molecule has 0 amide bonds. The zero-order valence-corrected chi connectivity index (χ0v) is 28.8. The van der Waals surface area contributed by atoms with E-state index in [0.29, 0.717) is 0 Å². The molecule has 0 N–H and O–H groups in total. The molecule has 0 saturated heterocycles. The monoisotopic (exact) mass is 682 g/mol. The molecule has 3 heterocycles. The molecule has 1 aliphatic heterocycles. The van der Waals surface area contributed by atoms with Crippen LogP contribution in [0.1, 0.15) is 0 Å². The standard InChI is InChI=1S/C48H30N2OS/c1-2-13-35(14-3-1)49-42-18-7-9-20-47(42)52-48-29-34(22-25-43(48)49)32-12-10-11-31(27-32)33-21-24-38-37-15-4-6-17-41(37)50(44(38)28-33)36-23-26-46-40(30-36)39-16-5-8-19-45(39)51-46/h1-30H. The summed E-state index contributed by atoms with van der Waals surface area (Å²) in [7, 11) is 0. The quantitative estimate of drug-likeness (QED) is 0.184. The van der Waals surface area contributed by atoms with E-state index in [2.05, 4.69) is 179 Å². The third-order valence-corrected chi connectivity index (χ3v) is 11.5. The van der Waals surface area contributed by atoms with Crippen molar-refractivity contribution in [2.75, 3.05) is 4.90 Å². The molecule has 0 saturated carbocycles. The van der Waals surface area contributed by atoms with Crippen molar-refractivity contribution in [1.29, 1.82) is 0 Å². The van der Waals surface area contributed by atoms with Crippen LogP contribution in [-0.2, 0) is 0 Å². The van der Waals surface area contributed by atoms with Crippen LogP contribution in [0.15, 0.2) is 196 Å². The average molecular weight is 683 g/mol. The smallest absolute Gasteiger partial charge is 0.135 e. The van der Waals surface area contributed by atoms with Gasteiger partial charge in [-0.1, -0.05) is 115 Å². The van der Waals surface area contributed by atoms with E-state index in [9.17, 15) is 0 Å². The Kier molecular flexibility index (Phi) is 6.48. The lowest BCUT2D eigenvalue weighted by Gasteiger charge is -2.33. The second kappa shape index (κ2) is 11.5. The fourth-order valence-electron chi connectivity index (χ4n) is 7.95. The molecule has 0 bridgehead atoms. The minimum atomic E-state index is 0.904. The molecule has 2 aromatic heterocycles. The summed E-state index contributed by atoms with van der Waals surface area (Å²) in [6.07, 6.45) is 0. The maximum Gasteiger partial charge on any atom is 0.135 e. The van der Waals surface area contributed by atoms with Gasteiger partial charge in [0.05, 0.1) is 22.4 Å². The number of anilines is 3. The topological polar surface area (TPSA) is 21.3 Å². The number of furan rings is 1. The van der Waals surface area contributed by atoms with Crippen molar-refractivity contribution in [3.63, 3.8) is 0 Å². The maximum atomic E-state index is 6.18. The number of hydrogen-bond donors (Lipinski definition) is 0. The SMILES string of the molecule is c1ccc(N2c3ccccc3Sc3cc(-c4cccc(-c5ccc6c7ccccc7n(-c7ccc8oc9ccccc9c8c7)c6c5)c4)ccc32)cc1. The fraction of sp³-hybridized carbons (Fsp3) is 0. The molecule has 11 rings (SSSR count). The van der Waals surface area contributed by atoms with E-state index in [-0.39, 0.29) is 0 Å². The summed E-state index contributed by atoms with van der Waals surface area (Å²) in [5.41, 5.74) is 13.7. The number of fused-ring (bicyclic) bond motifs is 8. The fourth-order valence-corrected chi connectivity index (χ4v) is 9.05. The van der Waals surface area contributed by atoms with E-state index in [1.54, 1.807) is 0 Å². The van der Waals surface area contributed by atoms with Crippen molar-refractivity contribution < 1.29 is 4.42 Å². The van der Waals surface area contributed by atoms with Gasteiger partial charge < -0.3 is 13.9 Å². The van der Waals surface area contributed by atoms with E-state index in [4.69, 9.17) is 4.42 Å². The third-order valence-electron chi connectivity index (χ3n) is 10.4. The molecule has 0 unspecified atom stereocenters. The lowest BCUT2D eigenvalue weighted by molar-refractivity contribution is 0.669. The molecule has 10 aromatic rings. The van der Waals surface area contributed by atoms with Gasteiger partial charge in [0.15, 0.2) is 0 Å². The number of aromatic nitrogens is 1. The Morgan fingerprint density at radius 1 is 0.365 bits per heavy atom. The van der Waals surface area contributed by atoms with Gasteiger partial charge in [0, 0.05) is 42.7 Å². The summed E-state index contributed by atoms with van der Waals surface area (Å²) in [6, 6.07) is 65.6. The van der Waals surface area contributed by atoms with Gasteiger partial charge in [-0.15, -0.1) is 0 Å². The molecular formula is C48H30N2OS. The van der Waals surface area contributed by atoms with Gasteiger partial charge in [0.2, 0.25) is 0 Å². The first kappa shape index (κ1) is 29.3. The molecule has 3 nitrogen and oxygen atoms in total. The number of rotatable bonds is 4. The third kappa shape index (κ3) is 4.55. The second-order valence-electron chi connectivity index (χ2n) is 13.4. The lowest BCUT2D eigenvalue weighted by atomic mass is 9.98. The molecule has 0 spiro atoms. The minimum absolute atomic E-state index is 0.904. The van der Waals surface area contributed by atoms with Gasteiger partial charge >= 0.3 is 0 Å². The Balaban J connectivity index is 1.02. The normalized spacial score (nSPS) is 12.5. The van der Waals surface area contributed by atoms with Gasteiger partial charge in [0.25, 0.3) is 0 Å². The van der Waals surface area contributed by atoms with E-state index in [1.807, 2.05) is 23.9 Å². The molecule has 4 heteroatoms. The molecule has 0 radical (unpaired) electrons. The first-order valence-corrected chi connectivity index (χ1v) is 18.4. The van der Waals surface area contributed by atoms with Gasteiger partial charge in [-0.25, -0.2) is 0 Å². The van der Waals surface area contributed by atoms with Gasteiger partial charge in [-0.3, -0.25) is 0 Å². The number of nitrogens with zero attached hydrogens (tertiary/aromatic N) is 2. The van der Waals surface area contributed by atoms with Crippen LogP contribution >= 0.6 is 11.8 Å². The molecule has 0 fully saturated rings. The zero-order chi connectivity index (χ0) is 34.2. The van der Waals surface area contributed by atoms with E-state index >= 15 is 0 Å². The van der Waals surface area contributed by atoms with Crippen molar-refractivity contribution in [2.45, 2.75) is 9.79 Å². The van der Waals surface area contributed by atoms with E-state index in [1.165, 1.54) is 65.2 Å². The predicted molar refractivity (Wildman–Crippen MR) is 218 cm³/mol. The average Bonchev–Trinajstić information content (AvgIpc) is 3.75. The summed E-state index contributed by atoms with van der Waals surface area (Å²) < 4.78 is 8.58. The van der Waals surface area contributed by atoms with Crippen LogP contribution in [0.2, 0.25) is 0 Å². The number of para-hydroxylation sites is 4. The van der Waals surface area contributed by atoms with E-state index in [0.717, 1.165) is 33.3 Å². The Morgan fingerprint density at radius 2 is 1.04 bits per heavy atom. The van der Waals surface area contributed by atoms with Gasteiger partial charge in [-0.05, 0) is 101 Å². The lowest BCUT2D eigenvalue weighted by Crippen LogP contribution is -2.14. The highest BCUT2D eigenvalue weighted by atomic mass is 32.2. The van der Waals surface area contributed by atoms with Crippen LogP contribution in [0.5, 0.6) is 0 Å². The first-order chi connectivity index (χ1) is 25.8. The van der Waals surface area contributed by atoms with Gasteiger partial charge in [0.1, 0.15) is 11.2 Å². The van der Waals surface area contributed by atoms with Crippen LogP contribution in [-0.4, -0.2) is 4.57 Å². The summed E-state index contributed by atoms with van der Waals surface area (Å²) in [6.45, 7) is 0. The van der Waals surface area contributed by atoms with Crippen molar-refractivity contribution in [1.82, 2.24) is 4.57 Å². The highest BCUT2D eigenvalue weighted by Crippen LogP contribution is 2.52. The number of benzene rings is 8. The largest absolute Gasteiger partial charge is 0.456 e. The Hall–Kier alpha value is -6.49. The van der Waals surface area contributed by atoms with Crippen molar-refractivity contribution >= 4 is 72.6 Å². The van der Waals surface area contributed by atoms with Crippen LogP contribution < -0.4 is 4.90 Å². The van der Waals surface area contributed by atoms with Crippen LogP contribution in [0, 0.1) is 0 Å².